The molecule has 0 radical (unpaired) electrons. The van der Waals surface area contributed by atoms with Gasteiger partial charge < -0.3 is 5.32 Å². The van der Waals surface area contributed by atoms with Gasteiger partial charge in [0.1, 0.15) is 11.6 Å². The molecule has 0 aliphatic heterocycles. The van der Waals surface area contributed by atoms with Crippen LogP contribution >= 0.6 is 15.9 Å². The van der Waals surface area contributed by atoms with Crippen LogP contribution in [0.3, 0.4) is 0 Å². The molecule has 1 aromatic carbocycles. The highest BCUT2D eigenvalue weighted by atomic mass is 79.9. The molecule has 19 heavy (non-hydrogen) atoms. The van der Waals surface area contributed by atoms with Gasteiger partial charge >= 0.3 is 0 Å². The fraction of sp³-hybridized carbons (Fsp3) is 0.467. The molecule has 1 aliphatic rings. The number of fused-ring (bicyclic) bond motifs is 1. The van der Waals surface area contributed by atoms with Gasteiger partial charge in [0, 0.05) is 15.9 Å². The summed E-state index contributed by atoms with van der Waals surface area (Å²) in [6, 6.07) is 6.73. The van der Waals surface area contributed by atoms with Crippen molar-refractivity contribution in [3.8, 4) is 0 Å². The molecule has 4 heteroatoms. The normalized spacial score (nSPS) is 16.7. The monoisotopic (exact) mass is 319 g/mol. The molecule has 0 spiro atoms. The van der Waals surface area contributed by atoms with Crippen LogP contribution in [-0.4, -0.2) is 16.0 Å². The number of nitrogens with one attached hydrogen (secondary N) is 1. The summed E-state index contributed by atoms with van der Waals surface area (Å²) in [5.41, 5.74) is 1.01. The van der Waals surface area contributed by atoms with Crippen molar-refractivity contribution in [3.63, 3.8) is 0 Å². The second-order valence-electron chi connectivity index (χ2n) is 5.26. The lowest BCUT2D eigenvalue weighted by Crippen LogP contribution is -2.23. The lowest BCUT2D eigenvalue weighted by Gasteiger charge is -2.24. The molecule has 1 N–H and O–H groups in total. The highest BCUT2D eigenvalue weighted by Gasteiger charge is 2.15. The summed E-state index contributed by atoms with van der Waals surface area (Å²) in [5, 5.41) is 4.72. The Morgan fingerprint density at radius 1 is 1.16 bits per heavy atom. The fourth-order valence-electron chi connectivity index (χ4n) is 2.77. The molecule has 1 fully saturated rings. The van der Waals surface area contributed by atoms with Crippen LogP contribution in [0.1, 0.15) is 37.9 Å². The molecular formula is C15H18BrN3. The largest absolute Gasteiger partial charge is 0.367 e. The Kier molecular flexibility index (Phi) is 3.69. The summed E-state index contributed by atoms with van der Waals surface area (Å²) in [6.07, 6.45) is 6.51. The molecule has 2 aromatic rings. The average Bonchev–Trinajstić information content (AvgIpc) is 2.41. The molecule has 1 aromatic heterocycles. The topological polar surface area (TPSA) is 37.8 Å². The van der Waals surface area contributed by atoms with E-state index in [1.807, 2.05) is 19.1 Å². The Bertz CT molecular complexity index is 591. The Labute approximate surface area is 122 Å². The van der Waals surface area contributed by atoms with Gasteiger partial charge in [-0.2, -0.15) is 0 Å². The number of halogens is 1. The van der Waals surface area contributed by atoms with Crippen LogP contribution in [0.5, 0.6) is 0 Å². The third-order valence-corrected chi connectivity index (χ3v) is 4.21. The molecule has 0 unspecified atom stereocenters. The van der Waals surface area contributed by atoms with Crippen molar-refractivity contribution in [2.45, 2.75) is 45.1 Å². The van der Waals surface area contributed by atoms with Crippen molar-refractivity contribution in [1.82, 2.24) is 9.97 Å². The van der Waals surface area contributed by atoms with Crippen molar-refractivity contribution >= 4 is 32.7 Å². The van der Waals surface area contributed by atoms with Crippen molar-refractivity contribution < 1.29 is 0 Å². The van der Waals surface area contributed by atoms with Gasteiger partial charge in [0.2, 0.25) is 0 Å². The van der Waals surface area contributed by atoms with E-state index in [9.17, 15) is 0 Å². The molecule has 3 nitrogen and oxygen atoms in total. The van der Waals surface area contributed by atoms with Gasteiger partial charge in [-0.3, -0.25) is 0 Å². The van der Waals surface area contributed by atoms with Gasteiger partial charge in [-0.05, 0) is 38.0 Å². The molecule has 1 heterocycles. The van der Waals surface area contributed by atoms with Crippen LogP contribution in [0.2, 0.25) is 0 Å². The number of nitrogens with zero attached hydrogens (tertiary/aromatic N) is 2. The van der Waals surface area contributed by atoms with Crippen LogP contribution in [-0.2, 0) is 0 Å². The summed E-state index contributed by atoms with van der Waals surface area (Å²) in [7, 11) is 0. The number of hydrogen-bond acceptors (Lipinski definition) is 3. The van der Waals surface area contributed by atoms with E-state index in [0.717, 1.165) is 27.0 Å². The summed E-state index contributed by atoms with van der Waals surface area (Å²) >= 11 is 3.53. The maximum absolute atomic E-state index is 4.59. The molecule has 3 rings (SSSR count). The zero-order valence-electron chi connectivity index (χ0n) is 11.1. The molecule has 0 bridgehead atoms. The van der Waals surface area contributed by atoms with Gasteiger partial charge in [0.25, 0.3) is 0 Å². The van der Waals surface area contributed by atoms with Gasteiger partial charge in [-0.25, -0.2) is 9.97 Å². The van der Waals surface area contributed by atoms with Crippen molar-refractivity contribution in [3.05, 3.63) is 28.5 Å². The minimum atomic E-state index is 0.560. The minimum absolute atomic E-state index is 0.560. The van der Waals surface area contributed by atoms with Crippen molar-refractivity contribution in [1.29, 1.82) is 0 Å². The van der Waals surface area contributed by atoms with Crippen molar-refractivity contribution in [2.24, 2.45) is 0 Å². The van der Waals surface area contributed by atoms with E-state index in [0.29, 0.717) is 6.04 Å². The maximum Gasteiger partial charge on any atom is 0.137 e. The number of anilines is 1. The number of aromatic nitrogens is 2. The van der Waals surface area contributed by atoms with Crippen LogP contribution in [0.25, 0.3) is 10.9 Å². The van der Waals surface area contributed by atoms with E-state index in [-0.39, 0.29) is 0 Å². The predicted octanol–water partition coefficient (Wildman–Crippen LogP) is 4.45. The van der Waals surface area contributed by atoms with Crippen LogP contribution in [0.15, 0.2) is 22.7 Å². The van der Waals surface area contributed by atoms with E-state index in [1.165, 1.54) is 32.1 Å². The zero-order chi connectivity index (χ0) is 13.2. The first kappa shape index (κ1) is 12.9. The lowest BCUT2D eigenvalue weighted by molar-refractivity contribution is 0.462. The van der Waals surface area contributed by atoms with E-state index >= 15 is 0 Å². The summed E-state index contributed by atoms with van der Waals surface area (Å²) < 4.78 is 1.07. The third kappa shape index (κ3) is 2.89. The van der Waals surface area contributed by atoms with Gasteiger partial charge in [0.15, 0.2) is 0 Å². The maximum atomic E-state index is 4.59. The third-order valence-electron chi connectivity index (χ3n) is 3.72. The molecule has 0 saturated heterocycles. The summed E-state index contributed by atoms with van der Waals surface area (Å²) in [4.78, 5) is 9.09. The Hall–Kier alpha value is -1.16. The fourth-order valence-corrected chi connectivity index (χ4v) is 3.13. The van der Waals surface area contributed by atoms with E-state index in [1.54, 1.807) is 0 Å². The highest BCUT2D eigenvalue weighted by molar-refractivity contribution is 9.10. The number of aryl methyl sites for hydroxylation is 1. The number of rotatable bonds is 2. The Morgan fingerprint density at radius 2 is 1.95 bits per heavy atom. The van der Waals surface area contributed by atoms with Gasteiger partial charge in [0.05, 0.1) is 5.52 Å². The van der Waals surface area contributed by atoms with E-state index in [2.05, 4.69) is 37.3 Å². The van der Waals surface area contributed by atoms with E-state index < -0.39 is 0 Å². The highest BCUT2D eigenvalue weighted by Crippen LogP contribution is 2.27. The first-order chi connectivity index (χ1) is 9.22. The second kappa shape index (κ2) is 5.45. The quantitative estimate of drug-likeness (QED) is 0.888. The van der Waals surface area contributed by atoms with Gasteiger partial charge in [-0.15, -0.1) is 0 Å². The molecule has 0 amide bonds. The number of benzene rings is 1. The van der Waals surface area contributed by atoms with Crippen LogP contribution < -0.4 is 5.32 Å². The first-order valence-corrected chi connectivity index (χ1v) is 7.72. The lowest BCUT2D eigenvalue weighted by atomic mass is 9.95. The van der Waals surface area contributed by atoms with Crippen LogP contribution in [0, 0.1) is 6.92 Å². The summed E-state index contributed by atoms with van der Waals surface area (Å²) in [6.45, 7) is 1.95. The van der Waals surface area contributed by atoms with Crippen molar-refractivity contribution in [2.75, 3.05) is 5.32 Å². The predicted molar refractivity (Wildman–Crippen MR) is 82.5 cm³/mol. The average molecular weight is 320 g/mol. The molecule has 100 valence electrons. The zero-order valence-corrected chi connectivity index (χ0v) is 12.7. The second-order valence-corrected chi connectivity index (χ2v) is 6.18. The first-order valence-electron chi connectivity index (χ1n) is 6.93. The number of hydrogen-bond donors (Lipinski definition) is 1. The Morgan fingerprint density at radius 3 is 2.74 bits per heavy atom. The smallest absolute Gasteiger partial charge is 0.137 e. The molecule has 0 atom stereocenters. The molecular weight excluding hydrogens is 302 g/mol. The standard InChI is InChI=1S/C15H18BrN3/c1-10-17-14-8-7-11(16)9-13(14)15(18-10)19-12-5-3-2-4-6-12/h7-9,12H,2-6H2,1H3,(H,17,18,19). The van der Waals surface area contributed by atoms with Crippen LogP contribution in [0.4, 0.5) is 5.82 Å². The van der Waals surface area contributed by atoms with Gasteiger partial charge in [-0.1, -0.05) is 35.2 Å². The summed E-state index contributed by atoms with van der Waals surface area (Å²) in [5.74, 6) is 1.81. The SMILES string of the molecule is Cc1nc(NC2CCCCC2)c2cc(Br)ccc2n1. The Balaban J connectivity index is 1.98. The minimum Gasteiger partial charge on any atom is -0.367 e. The molecule has 1 aliphatic carbocycles. The molecule has 1 saturated carbocycles. The van der Waals surface area contributed by atoms with E-state index in [4.69, 9.17) is 0 Å².